The number of carbonyl (C=O) groups excluding carboxylic acids is 4. The molecule has 0 saturated carbocycles. The van der Waals surface area contributed by atoms with E-state index in [2.05, 4.69) is 10.6 Å². The molecule has 2 heterocycles. The number of ether oxygens (including phenoxy) is 2. The van der Waals surface area contributed by atoms with E-state index in [0.29, 0.717) is 29.7 Å². The topological polar surface area (TPSA) is 117 Å². The molecule has 0 spiro atoms. The van der Waals surface area contributed by atoms with Crippen LogP contribution >= 0.6 is 0 Å². The molecule has 4 aromatic carbocycles. The lowest BCUT2D eigenvalue weighted by Gasteiger charge is -2.33. The number of unbranched alkanes of at least 4 members (excludes halogenated alkanes) is 2. The summed E-state index contributed by atoms with van der Waals surface area (Å²) in [6, 6.07) is 20.8. The molecule has 2 fully saturated rings. The normalized spacial score (nSPS) is 22.0. The molecule has 2 aliphatic heterocycles. The highest BCUT2D eigenvalue weighted by molar-refractivity contribution is 6.01. The molecule has 0 radical (unpaired) electrons. The zero-order valence-electron chi connectivity index (χ0n) is 32.0. The van der Waals surface area contributed by atoms with Gasteiger partial charge in [-0.15, -0.1) is 0 Å². The molecular weight excluding hydrogens is 719 g/mol. The van der Waals surface area contributed by atoms with E-state index >= 15 is 0 Å². The molecule has 2 saturated heterocycles. The molecule has 12 heteroatoms. The molecule has 0 bridgehead atoms. The van der Waals surface area contributed by atoms with Gasteiger partial charge in [-0.2, -0.15) is 0 Å². The van der Waals surface area contributed by atoms with Gasteiger partial charge >= 0.3 is 11.9 Å². The number of fused-ring (bicyclic) bond motifs is 1. The van der Waals surface area contributed by atoms with Gasteiger partial charge in [0, 0.05) is 11.4 Å². The lowest BCUT2D eigenvalue weighted by molar-refractivity contribution is -0.158. The largest absolute Gasteiger partial charge is 0.465 e. The fourth-order valence-corrected chi connectivity index (χ4v) is 7.58. The van der Waals surface area contributed by atoms with Gasteiger partial charge in [-0.25, -0.2) is 18.8 Å². The molecule has 6 atom stereocenters. The number of carbonyl (C=O) groups is 4. The minimum atomic E-state index is -1.33. The van der Waals surface area contributed by atoms with Crippen LogP contribution in [0.15, 0.2) is 97.1 Å². The van der Waals surface area contributed by atoms with Crippen LogP contribution in [0.4, 0.5) is 20.2 Å². The fourth-order valence-electron chi connectivity index (χ4n) is 7.58. The summed E-state index contributed by atoms with van der Waals surface area (Å²) in [7, 11) is 0. The first-order valence-electron chi connectivity index (χ1n) is 19.2. The van der Waals surface area contributed by atoms with Crippen LogP contribution in [0, 0.1) is 37.3 Å². The Morgan fingerprint density at radius 3 is 1.43 bits per heavy atom. The zero-order chi connectivity index (χ0) is 39.9. The number of halogens is 2. The van der Waals surface area contributed by atoms with Crippen molar-refractivity contribution in [2.75, 3.05) is 23.8 Å². The zero-order valence-corrected chi connectivity index (χ0v) is 32.0. The van der Waals surface area contributed by atoms with Crippen LogP contribution in [0.3, 0.4) is 0 Å². The second-order valence-electron chi connectivity index (χ2n) is 14.4. The number of rotatable bonds is 14. The summed E-state index contributed by atoms with van der Waals surface area (Å²) in [5, 5.41) is 9.13. The smallest absolute Gasteiger partial charge is 0.325 e. The van der Waals surface area contributed by atoms with E-state index in [1.807, 2.05) is 76.2 Å². The van der Waals surface area contributed by atoms with Crippen molar-refractivity contribution in [2.45, 2.75) is 77.5 Å². The van der Waals surface area contributed by atoms with Crippen molar-refractivity contribution in [3.63, 3.8) is 0 Å². The van der Waals surface area contributed by atoms with E-state index in [-0.39, 0.29) is 18.9 Å². The lowest BCUT2D eigenvalue weighted by Crippen LogP contribution is -2.48. The van der Waals surface area contributed by atoms with Gasteiger partial charge in [-0.1, -0.05) is 86.3 Å². The van der Waals surface area contributed by atoms with Gasteiger partial charge in [0.15, 0.2) is 0 Å². The van der Waals surface area contributed by atoms with Crippen LogP contribution in [-0.4, -0.2) is 59.1 Å². The van der Waals surface area contributed by atoms with Crippen LogP contribution in [0.2, 0.25) is 0 Å². The summed E-state index contributed by atoms with van der Waals surface area (Å²) in [5.41, 5.74) is 3.69. The lowest BCUT2D eigenvalue weighted by atomic mass is 9.81. The van der Waals surface area contributed by atoms with E-state index in [1.54, 1.807) is 10.0 Å². The molecule has 2 aliphatic rings. The van der Waals surface area contributed by atoms with Gasteiger partial charge in [0.2, 0.25) is 11.8 Å². The van der Waals surface area contributed by atoms with Crippen LogP contribution in [-0.2, 0) is 28.7 Å². The Kier molecular flexibility index (Phi) is 12.9. The first kappa shape index (κ1) is 40.2. The van der Waals surface area contributed by atoms with Crippen molar-refractivity contribution in [2.24, 2.45) is 11.8 Å². The quantitative estimate of drug-likeness (QED) is 0.0986. The Morgan fingerprint density at radius 2 is 0.964 bits per heavy atom. The molecule has 10 nitrogen and oxygen atoms in total. The number of anilines is 2. The third kappa shape index (κ3) is 8.66. The highest BCUT2D eigenvalue weighted by Gasteiger charge is 2.68. The number of esters is 2. The fraction of sp³-hybridized carbons (Fsp3) is 0.364. The van der Waals surface area contributed by atoms with Gasteiger partial charge in [0.05, 0.1) is 31.2 Å². The number of hydrogen-bond acceptors (Lipinski definition) is 8. The molecule has 56 heavy (non-hydrogen) atoms. The minimum Gasteiger partial charge on any atom is -0.465 e. The Balaban J connectivity index is 1.59. The van der Waals surface area contributed by atoms with Crippen LogP contribution in [0.5, 0.6) is 0 Å². The Hall–Kier alpha value is -5.46. The number of benzene rings is 4. The van der Waals surface area contributed by atoms with Gasteiger partial charge in [-0.05, 0) is 86.3 Å². The van der Waals surface area contributed by atoms with E-state index in [4.69, 9.17) is 9.47 Å². The highest BCUT2D eigenvalue weighted by Crippen LogP contribution is 2.56. The third-order valence-electron chi connectivity index (χ3n) is 10.4. The van der Waals surface area contributed by atoms with Crippen molar-refractivity contribution in [3.05, 3.63) is 131 Å². The van der Waals surface area contributed by atoms with E-state index < -0.39 is 71.4 Å². The maximum absolute atomic E-state index is 14.9. The van der Waals surface area contributed by atoms with E-state index in [1.165, 1.54) is 48.5 Å². The van der Waals surface area contributed by atoms with Crippen LogP contribution < -0.4 is 10.6 Å². The van der Waals surface area contributed by atoms with Gasteiger partial charge in [0.1, 0.15) is 29.6 Å². The predicted molar refractivity (Wildman–Crippen MR) is 208 cm³/mol. The summed E-state index contributed by atoms with van der Waals surface area (Å²) in [6.45, 7) is 7.98. The number of hydrogen-bond donors (Lipinski definition) is 2. The monoisotopic (exact) mass is 766 g/mol. The number of nitrogens with one attached hydrogen (secondary N) is 2. The molecular formula is C44H48F2N4O6. The summed E-state index contributed by atoms with van der Waals surface area (Å²) < 4.78 is 39.8. The van der Waals surface area contributed by atoms with Crippen molar-refractivity contribution in [1.29, 1.82) is 0 Å². The number of amides is 2. The minimum absolute atomic E-state index is 0.0906. The molecule has 0 aliphatic carbocycles. The van der Waals surface area contributed by atoms with Crippen molar-refractivity contribution in [1.82, 2.24) is 10.0 Å². The standard InChI is InChI=1S/C44H48F2N4O6/c1-5-7-25-55-43(53)36-38(30-15-11-28(4)12-16-30)50-40(44(54)56-26-8-6-2)35(41(51)47-33-21-17-31(45)18-22-33)37(29-13-9-27(3)10-14-29)49(50)39(36)42(52)48-34-23-19-32(46)20-24-34/h9-24,35-40H,5-8,25-26H2,1-4H3,(H,47,51)(H,48,52)/t35-,36-,37+,38-,39+,40-/m0/s1. The Labute approximate surface area is 326 Å². The van der Waals surface area contributed by atoms with Gasteiger partial charge in [-0.3, -0.25) is 19.2 Å². The van der Waals surface area contributed by atoms with Crippen LogP contribution in [0.1, 0.15) is 73.9 Å². The average molecular weight is 767 g/mol. The van der Waals surface area contributed by atoms with Gasteiger partial charge < -0.3 is 20.1 Å². The second-order valence-corrected chi connectivity index (χ2v) is 14.4. The maximum Gasteiger partial charge on any atom is 0.325 e. The van der Waals surface area contributed by atoms with E-state index in [0.717, 1.165) is 24.0 Å². The van der Waals surface area contributed by atoms with Crippen molar-refractivity contribution in [3.8, 4) is 0 Å². The van der Waals surface area contributed by atoms with Crippen LogP contribution in [0.25, 0.3) is 0 Å². The predicted octanol–water partition coefficient (Wildman–Crippen LogP) is 7.84. The third-order valence-corrected chi connectivity index (χ3v) is 10.4. The number of nitrogens with zero attached hydrogens (tertiary/aromatic N) is 2. The summed E-state index contributed by atoms with van der Waals surface area (Å²) in [5.74, 6) is -5.93. The number of hydrazine groups is 1. The molecule has 0 aromatic heterocycles. The van der Waals surface area contributed by atoms with E-state index in [9.17, 15) is 28.0 Å². The maximum atomic E-state index is 14.9. The Bertz CT molecular complexity index is 1990. The molecule has 2 amide bonds. The van der Waals surface area contributed by atoms with Crippen molar-refractivity contribution >= 4 is 35.1 Å². The van der Waals surface area contributed by atoms with Crippen molar-refractivity contribution < 1.29 is 37.4 Å². The summed E-state index contributed by atoms with van der Waals surface area (Å²) >= 11 is 0. The highest BCUT2D eigenvalue weighted by atomic mass is 19.1. The Morgan fingerprint density at radius 1 is 0.554 bits per heavy atom. The second kappa shape index (κ2) is 18.0. The molecule has 2 N–H and O–H groups in total. The summed E-state index contributed by atoms with van der Waals surface area (Å²) in [4.78, 5) is 58.9. The molecule has 6 rings (SSSR count). The SMILES string of the molecule is CCCCOC(=O)[C@@H]1[C@H](C(=O)Nc2ccc(F)cc2)N2[C@H](c3ccc(C)cc3)[C@H](C(=O)Nc3ccc(F)cc3)[C@@H](C(=O)OCCCC)N2[C@H]1c1ccc(C)cc1. The molecule has 4 aromatic rings. The number of aryl methyl sites for hydroxylation is 2. The summed E-state index contributed by atoms with van der Waals surface area (Å²) in [6.07, 6.45) is 2.68. The first-order chi connectivity index (χ1) is 27.0. The van der Waals surface area contributed by atoms with Gasteiger partial charge in [0.25, 0.3) is 0 Å². The molecule has 0 unspecified atom stereocenters. The molecule has 294 valence electrons. The first-order valence-corrected chi connectivity index (χ1v) is 19.2. The average Bonchev–Trinajstić information content (AvgIpc) is 3.71.